The van der Waals surface area contributed by atoms with Gasteiger partial charge < -0.3 is 16.4 Å². The molecule has 0 fully saturated rings. The first kappa shape index (κ1) is 16.9. The molecule has 0 aromatic carbocycles. The van der Waals surface area contributed by atoms with Gasteiger partial charge in [-0.2, -0.15) is 0 Å². The average Bonchev–Trinajstić information content (AvgIpc) is 2.25. The standard InChI is InChI=1S/C12H26N4O2/c1-4-6-16(9-12(2,3)8-13)7-5-10(17)15-11(14)18/h4-9,13H2,1-3H3,(H3,14,15,17,18). The van der Waals surface area contributed by atoms with Gasteiger partial charge in [0.25, 0.3) is 0 Å². The monoisotopic (exact) mass is 258 g/mol. The molecule has 5 N–H and O–H groups in total. The summed E-state index contributed by atoms with van der Waals surface area (Å²) in [7, 11) is 0. The highest BCUT2D eigenvalue weighted by Gasteiger charge is 2.20. The number of nitrogens with one attached hydrogen (secondary N) is 1. The van der Waals surface area contributed by atoms with E-state index in [1.165, 1.54) is 0 Å². The van der Waals surface area contributed by atoms with E-state index in [-0.39, 0.29) is 17.7 Å². The number of urea groups is 1. The van der Waals surface area contributed by atoms with E-state index in [9.17, 15) is 9.59 Å². The number of imide groups is 1. The third-order valence-electron chi connectivity index (χ3n) is 2.66. The smallest absolute Gasteiger partial charge is 0.318 e. The molecular weight excluding hydrogens is 232 g/mol. The number of nitrogens with zero attached hydrogens (tertiary/aromatic N) is 1. The van der Waals surface area contributed by atoms with Gasteiger partial charge in [0.05, 0.1) is 0 Å². The highest BCUT2D eigenvalue weighted by molar-refractivity contribution is 5.93. The Balaban J connectivity index is 4.19. The molecular formula is C12H26N4O2. The topological polar surface area (TPSA) is 101 Å². The van der Waals surface area contributed by atoms with Gasteiger partial charge in [-0.25, -0.2) is 4.79 Å². The van der Waals surface area contributed by atoms with Crippen LogP contribution in [0.5, 0.6) is 0 Å². The molecule has 0 aromatic rings. The summed E-state index contributed by atoms with van der Waals surface area (Å²) in [4.78, 5) is 24.0. The summed E-state index contributed by atoms with van der Waals surface area (Å²) in [5.41, 5.74) is 10.6. The van der Waals surface area contributed by atoms with E-state index in [0.717, 1.165) is 19.5 Å². The normalized spacial score (nSPS) is 11.6. The number of nitrogens with two attached hydrogens (primary N) is 2. The van der Waals surface area contributed by atoms with Crippen LogP contribution in [0.2, 0.25) is 0 Å². The molecule has 0 atom stereocenters. The van der Waals surface area contributed by atoms with Gasteiger partial charge in [-0.15, -0.1) is 0 Å². The largest absolute Gasteiger partial charge is 0.351 e. The summed E-state index contributed by atoms with van der Waals surface area (Å²) < 4.78 is 0. The SMILES string of the molecule is CCCN(CCC(=O)NC(N)=O)CC(C)(C)CN. The van der Waals surface area contributed by atoms with Crippen LogP contribution in [0.15, 0.2) is 0 Å². The second-order valence-corrected chi connectivity index (χ2v) is 5.31. The summed E-state index contributed by atoms with van der Waals surface area (Å²) in [5, 5.41) is 2.07. The van der Waals surface area contributed by atoms with Crippen LogP contribution in [0.4, 0.5) is 4.79 Å². The highest BCUT2D eigenvalue weighted by Crippen LogP contribution is 2.15. The first-order valence-electron chi connectivity index (χ1n) is 6.32. The van der Waals surface area contributed by atoms with Gasteiger partial charge in [0.15, 0.2) is 0 Å². The van der Waals surface area contributed by atoms with Crippen molar-refractivity contribution in [2.75, 3.05) is 26.2 Å². The van der Waals surface area contributed by atoms with Crippen molar-refractivity contribution in [3.05, 3.63) is 0 Å². The summed E-state index contributed by atoms with van der Waals surface area (Å²) in [6.07, 6.45) is 1.28. The summed E-state index contributed by atoms with van der Waals surface area (Å²) in [6.45, 7) is 9.23. The van der Waals surface area contributed by atoms with E-state index in [2.05, 4.69) is 31.0 Å². The number of carbonyl (C=O) groups is 2. The Bertz CT molecular complexity index is 279. The molecule has 0 aliphatic rings. The Kier molecular flexibility index (Phi) is 7.54. The molecule has 18 heavy (non-hydrogen) atoms. The van der Waals surface area contributed by atoms with Gasteiger partial charge >= 0.3 is 6.03 Å². The van der Waals surface area contributed by atoms with Gasteiger partial charge in [-0.05, 0) is 24.9 Å². The second-order valence-electron chi connectivity index (χ2n) is 5.31. The highest BCUT2D eigenvalue weighted by atomic mass is 16.2. The third-order valence-corrected chi connectivity index (χ3v) is 2.66. The quantitative estimate of drug-likeness (QED) is 0.581. The Hall–Kier alpha value is -1.14. The van der Waals surface area contributed by atoms with Crippen LogP contribution in [0.25, 0.3) is 0 Å². The van der Waals surface area contributed by atoms with Gasteiger partial charge in [-0.3, -0.25) is 10.1 Å². The molecule has 0 aliphatic heterocycles. The van der Waals surface area contributed by atoms with Crippen molar-refractivity contribution in [1.29, 1.82) is 0 Å². The molecule has 0 unspecified atom stereocenters. The average molecular weight is 258 g/mol. The van der Waals surface area contributed by atoms with E-state index >= 15 is 0 Å². The molecule has 106 valence electrons. The summed E-state index contributed by atoms with van der Waals surface area (Å²) in [6, 6.07) is -0.802. The molecule has 0 saturated heterocycles. The van der Waals surface area contributed by atoms with Crippen molar-refractivity contribution in [1.82, 2.24) is 10.2 Å². The molecule has 0 heterocycles. The van der Waals surface area contributed by atoms with Crippen molar-refractivity contribution in [3.63, 3.8) is 0 Å². The fraction of sp³-hybridized carbons (Fsp3) is 0.833. The zero-order chi connectivity index (χ0) is 14.2. The van der Waals surface area contributed by atoms with Crippen molar-refractivity contribution in [2.24, 2.45) is 16.9 Å². The minimum absolute atomic E-state index is 0.0231. The number of hydrogen-bond donors (Lipinski definition) is 3. The first-order chi connectivity index (χ1) is 8.30. The maximum Gasteiger partial charge on any atom is 0.318 e. The molecule has 0 spiro atoms. The minimum Gasteiger partial charge on any atom is -0.351 e. The first-order valence-corrected chi connectivity index (χ1v) is 6.32. The Morgan fingerprint density at radius 1 is 1.28 bits per heavy atom. The second kappa shape index (κ2) is 8.05. The lowest BCUT2D eigenvalue weighted by Crippen LogP contribution is -2.42. The third kappa shape index (κ3) is 8.03. The Morgan fingerprint density at radius 3 is 2.33 bits per heavy atom. The van der Waals surface area contributed by atoms with Crippen LogP contribution >= 0.6 is 0 Å². The molecule has 0 saturated carbocycles. The minimum atomic E-state index is -0.802. The number of primary amides is 1. The Labute approximate surface area is 109 Å². The van der Waals surface area contributed by atoms with Crippen molar-refractivity contribution in [3.8, 4) is 0 Å². The summed E-state index contributed by atoms with van der Waals surface area (Å²) >= 11 is 0. The van der Waals surface area contributed by atoms with Crippen LogP contribution in [-0.2, 0) is 4.79 Å². The van der Waals surface area contributed by atoms with Crippen LogP contribution in [0.3, 0.4) is 0 Å². The zero-order valence-electron chi connectivity index (χ0n) is 11.7. The zero-order valence-corrected chi connectivity index (χ0v) is 11.7. The van der Waals surface area contributed by atoms with Crippen molar-refractivity contribution >= 4 is 11.9 Å². The van der Waals surface area contributed by atoms with Gasteiger partial charge in [-0.1, -0.05) is 20.8 Å². The van der Waals surface area contributed by atoms with Crippen molar-refractivity contribution in [2.45, 2.75) is 33.6 Å². The van der Waals surface area contributed by atoms with E-state index in [4.69, 9.17) is 11.5 Å². The Morgan fingerprint density at radius 2 is 1.89 bits per heavy atom. The number of carbonyl (C=O) groups excluding carboxylic acids is 2. The number of amides is 3. The van der Waals surface area contributed by atoms with Crippen LogP contribution in [0.1, 0.15) is 33.6 Å². The van der Waals surface area contributed by atoms with Crippen LogP contribution in [0, 0.1) is 5.41 Å². The lowest BCUT2D eigenvalue weighted by Gasteiger charge is -2.31. The fourth-order valence-corrected chi connectivity index (χ4v) is 1.72. The summed E-state index contributed by atoms with van der Waals surface area (Å²) in [5.74, 6) is -0.339. The maximum atomic E-state index is 11.3. The van der Waals surface area contributed by atoms with Crippen molar-refractivity contribution < 1.29 is 9.59 Å². The fourth-order valence-electron chi connectivity index (χ4n) is 1.72. The van der Waals surface area contributed by atoms with Crippen LogP contribution < -0.4 is 16.8 Å². The number of hydrogen-bond acceptors (Lipinski definition) is 4. The number of rotatable bonds is 8. The lowest BCUT2D eigenvalue weighted by atomic mass is 9.93. The molecule has 6 nitrogen and oxygen atoms in total. The van der Waals surface area contributed by atoms with Gasteiger partial charge in [0.2, 0.25) is 5.91 Å². The lowest BCUT2D eigenvalue weighted by molar-refractivity contribution is -0.120. The molecule has 0 aromatic heterocycles. The molecule has 0 rings (SSSR count). The predicted octanol–water partition coefficient (Wildman–Crippen LogP) is 0.268. The predicted molar refractivity (Wildman–Crippen MR) is 71.9 cm³/mol. The van der Waals surface area contributed by atoms with E-state index in [1.807, 2.05) is 0 Å². The van der Waals surface area contributed by atoms with E-state index < -0.39 is 6.03 Å². The van der Waals surface area contributed by atoms with E-state index in [0.29, 0.717) is 13.1 Å². The molecule has 0 aliphatic carbocycles. The molecule has 0 radical (unpaired) electrons. The van der Waals surface area contributed by atoms with Gasteiger partial charge in [0.1, 0.15) is 0 Å². The maximum absolute atomic E-state index is 11.3. The molecule has 0 bridgehead atoms. The molecule has 6 heteroatoms. The van der Waals surface area contributed by atoms with Crippen LogP contribution in [-0.4, -0.2) is 43.0 Å². The van der Waals surface area contributed by atoms with Gasteiger partial charge in [0, 0.05) is 19.5 Å². The van der Waals surface area contributed by atoms with E-state index in [1.54, 1.807) is 0 Å². The molecule has 3 amide bonds.